The van der Waals surface area contributed by atoms with E-state index < -0.39 is 5.92 Å². The number of halogens is 4. The average molecular weight is 322 g/mol. The van der Waals surface area contributed by atoms with Crippen LogP contribution in [0.15, 0.2) is 18.2 Å². The summed E-state index contributed by atoms with van der Waals surface area (Å²) in [6, 6.07) is 5.56. The molecule has 1 fully saturated rings. The van der Waals surface area contributed by atoms with Gasteiger partial charge in [-0.05, 0) is 49.9 Å². The molecule has 0 aromatic heterocycles. The van der Waals surface area contributed by atoms with Crippen molar-refractivity contribution in [3.63, 3.8) is 0 Å². The minimum Gasteiger partial charge on any atom is -0.316 e. The van der Waals surface area contributed by atoms with Crippen molar-refractivity contribution < 1.29 is 8.78 Å². The van der Waals surface area contributed by atoms with Gasteiger partial charge in [-0.1, -0.05) is 29.3 Å². The smallest absolute Gasteiger partial charge is 0.248 e. The monoisotopic (exact) mass is 321 g/mol. The number of benzene rings is 1. The molecule has 0 radical (unpaired) electrons. The van der Waals surface area contributed by atoms with Gasteiger partial charge in [0, 0.05) is 28.9 Å². The van der Waals surface area contributed by atoms with Gasteiger partial charge in [-0.2, -0.15) is 0 Å². The fraction of sp³-hybridized carbons (Fsp3) is 0.600. The van der Waals surface area contributed by atoms with Crippen LogP contribution in [0.2, 0.25) is 10.0 Å². The third-order valence-corrected chi connectivity index (χ3v) is 4.90. The molecule has 1 aromatic carbocycles. The highest BCUT2D eigenvalue weighted by Crippen LogP contribution is 2.38. The summed E-state index contributed by atoms with van der Waals surface area (Å²) in [6.07, 6.45) is 1.71. The predicted octanol–water partition coefficient (Wildman–Crippen LogP) is 4.95. The van der Waals surface area contributed by atoms with E-state index >= 15 is 0 Å². The summed E-state index contributed by atoms with van der Waals surface area (Å²) in [5.74, 6) is -2.25. The highest BCUT2D eigenvalue weighted by Gasteiger charge is 2.37. The number of nitrogens with one attached hydrogen (secondary N) is 1. The molecule has 0 heterocycles. The van der Waals surface area contributed by atoms with Gasteiger partial charge in [0.25, 0.3) is 0 Å². The van der Waals surface area contributed by atoms with E-state index in [-0.39, 0.29) is 24.8 Å². The van der Waals surface area contributed by atoms with E-state index in [9.17, 15) is 8.78 Å². The standard InChI is InChI=1S/C15H19Cl2F2N/c1-20-14(10-5-7-15(18,19)8-6-10)9-11-12(16)3-2-4-13(11)17/h2-4,10,14,20H,5-9H2,1H3. The van der Waals surface area contributed by atoms with Crippen molar-refractivity contribution >= 4 is 23.2 Å². The number of rotatable bonds is 4. The van der Waals surface area contributed by atoms with Gasteiger partial charge in [-0.15, -0.1) is 0 Å². The van der Waals surface area contributed by atoms with Crippen molar-refractivity contribution in [2.75, 3.05) is 7.05 Å². The molecule has 1 aromatic rings. The Morgan fingerprint density at radius 3 is 2.30 bits per heavy atom. The first-order valence-electron chi connectivity index (χ1n) is 6.91. The van der Waals surface area contributed by atoms with E-state index in [1.807, 2.05) is 25.2 Å². The van der Waals surface area contributed by atoms with Crippen molar-refractivity contribution in [1.29, 1.82) is 0 Å². The number of hydrogen-bond donors (Lipinski definition) is 1. The zero-order valence-corrected chi connectivity index (χ0v) is 12.9. The van der Waals surface area contributed by atoms with E-state index in [1.165, 1.54) is 0 Å². The van der Waals surface area contributed by atoms with Gasteiger partial charge in [0.05, 0.1) is 0 Å². The molecule has 1 saturated carbocycles. The topological polar surface area (TPSA) is 12.0 Å². The van der Waals surface area contributed by atoms with E-state index in [0.717, 1.165) is 5.56 Å². The second-order valence-corrected chi connectivity index (χ2v) is 6.31. The summed E-state index contributed by atoms with van der Waals surface area (Å²) < 4.78 is 26.5. The van der Waals surface area contributed by atoms with Crippen LogP contribution in [0.5, 0.6) is 0 Å². The third kappa shape index (κ3) is 3.84. The molecule has 1 aliphatic carbocycles. The van der Waals surface area contributed by atoms with Crippen LogP contribution in [0.3, 0.4) is 0 Å². The largest absolute Gasteiger partial charge is 0.316 e. The maximum Gasteiger partial charge on any atom is 0.248 e. The Morgan fingerprint density at radius 1 is 1.25 bits per heavy atom. The minimum atomic E-state index is -2.49. The summed E-state index contributed by atoms with van der Waals surface area (Å²) in [5, 5.41) is 4.52. The summed E-state index contributed by atoms with van der Waals surface area (Å²) in [5.41, 5.74) is 0.896. The number of alkyl halides is 2. The second-order valence-electron chi connectivity index (χ2n) is 5.49. The minimum absolute atomic E-state index is 0.0217. The van der Waals surface area contributed by atoms with Gasteiger partial charge in [-0.25, -0.2) is 8.78 Å². The fourth-order valence-electron chi connectivity index (χ4n) is 2.92. The van der Waals surface area contributed by atoms with Crippen LogP contribution in [0.4, 0.5) is 8.78 Å². The summed E-state index contributed by atoms with van der Waals surface area (Å²) >= 11 is 12.4. The van der Waals surface area contributed by atoms with Crippen LogP contribution in [0, 0.1) is 5.92 Å². The Bertz CT molecular complexity index is 435. The molecule has 1 unspecified atom stereocenters. The van der Waals surface area contributed by atoms with E-state index in [2.05, 4.69) is 5.32 Å². The van der Waals surface area contributed by atoms with Gasteiger partial charge in [0.1, 0.15) is 0 Å². The first kappa shape index (κ1) is 16.0. The molecule has 0 bridgehead atoms. The van der Waals surface area contributed by atoms with Crippen molar-refractivity contribution in [1.82, 2.24) is 5.32 Å². The summed E-state index contributed by atoms with van der Waals surface area (Å²) in [6.45, 7) is 0. The molecule has 1 N–H and O–H groups in total. The van der Waals surface area contributed by atoms with Crippen molar-refractivity contribution in [2.24, 2.45) is 5.92 Å². The van der Waals surface area contributed by atoms with Gasteiger partial charge >= 0.3 is 0 Å². The molecule has 112 valence electrons. The molecular weight excluding hydrogens is 303 g/mol. The van der Waals surface area contributed by atoms with Crippen LogP contribution in [0.25, 0.3) is 0 Å². The van der Waals surface area contributed by atoms with E-state index in [1.54, 1.807) is 0 Å². The second kappa shape index (κ2) is 6.59. The molecular formula is C15H19Cl2F2N. The summed E-state index contributed by atoms with van der Waals surface area (Å²) in [4.78, 5) is 0. The maximum absolute atomic E-state index is 13.2. The highest BCUT2D eigenvalue weighted by molar-refractivity contribution is 6.36. The zero-order valence-electron chi connectivity index (χ0n) is 11.4. The molecule has 1 atom stereocenters. The Balaban J connectivity index is 2.06. The lowest BCUT2D eigenvalue weighted by atomic mass is 9.80. The van der Waals surface area contributed by atoms with Gasteiger partial charge in [0.2, 0.25) is 5.92 Å². The lowest BCUT2D eigenvalue weighted by Crippen LogP contribution is -2.39. The van der Waals surface area contributed by atoms with E-state index in [4.69, 9.17) is 23.2 Å². The molecule has 0 aliphatic heterocycles. The average Bonchev–Trinajstić information content (AvgIpc) is 2.39. The third-order valence-electron chi connectivity index (χ3n) is 4.19. The van der Waals surface area contributed by atoms with Crippen LogP contribution < -0.4 is 5.32 Å². The lowest BCUT2D eigenvalue weighted by molar-refractivity contribution is -0.0492. The van der Waals surface area contributed by atoms with Crippen LogP contribution >= 0.6 is 23.2 Å². The van der Waals surface area contributed by atoms with Gasteiger partial charge in [0.15, 0.2) is 0 Å². The van der Waals surface area contributed by atoms with E-state index in [0.29, 0.717) is 29.3 Å². The fourth-order valence-corrected chi connectivity index (χ4v) is 3.47. The first-order chi connectivity index (χ1) is 9.43. The van der Waals surface area contributed by atoms with Crippen LogP contribution in [-0.2, 0) is 6.42 Å². The Kier molecular flexibility index (Phi) is 5.27. The quantitative estimate of drug-likeness (QED) is 0.827. The van der Waals surface area contributed by atoms with Crippen LogP contribution in [-0.4, -0.2) is 19.0 Å². The van der Waals surface area contributed by atoms with Crippen LogP contribution in [0.1, 0.15) is 31.2 Å². The molecule has 1 aliphatic rings. The molecule has 0 saturated heterocycles. The number of likely N-dealkylation sites (N-methyl/N-ethyl adjacent to an activating group) is 1. The zero-order chi connectivity index (χ0) is 14.8. The SMILES string of the molecule is CNC(Cc1c(Cl)cccc1Cl)C1CCC(F)(F)CC1. The van der Waals surface area contributed by atoms with Gasteiger partial charge < -0.3 is 5.32 Å². The summed E-state index contributed by atoms with van der Waals surface area (Å²) in [7, 11) is 1.86. The highest BCUT2D eigenvalue weighted by atomic mass is 35.5. The Morgan fingerprint density at radius 2 is 1.80 bits per heavy atom. The van der Waals surface area contributed by atoms with Crippen molar-refractivity contribution in [2.45, 2.75) is 44.1 Å². The normalized spacial score (nSPS) is 20.9. The lowest BCUT2D eigenvalue weighted by Gasteiger charge is -2.34. The molecule has 5 heteroatoms. The Hall–Kier alpha value is -0.380. The number of hydrogen-bond acceptors (Lipinski definition) is 1. The molecule has 2 rings (SSSR count). The predicted molar refractivity (Wildman–Crippen MR) is 79.9 cm³/mol. The first-order valence-corrected chi connectivity index (χ1v) is 7.66. The molecule has 0 amide bonds. The van der Waals surface area contributed by atoms with Gasteiger partial charge in [-0.3, -0.25) is 0 Å². The molecule has 0 spiro atoms. The Labute approximate surface area is 128 Å². The molecule has 20 heavy (non-hydrogen) atoms. The maximum atomic E-state index is 13.2. The van der Waals surface area contributed by atoms with Crippen molar-refractivity contribution in [3.05, 3.63) is 33.8 Å². The van der Waals surface area contributed by atoms with Crippen molar-refractivity contribution in [3.8, 4) is 0 Å². The molecule has 1 nitrogen and oxygen atoms in total.